The van der Waals surface area contributed by atoms with Gasteiger partial charge in [-0.1, -0.05) is 31.6 Å². The molecule has 3 aromatic rings. The fraction of sp³-hybridized carbons (Fsp3) is 0.333. The Morgan fingerprint density at radius 2 is 2.15 bits per heavy atom. The molecule has 27 heavy (non-hydrogen) atoms. The van der Waals surface area contributed by atoms with E-state index in [9.17, 15) is 9.18 Å². The lowest BCUT2D eigenvalue weighted by molar-refractivity contribution is -0.118. The standard InChI is InChI=1S/C18H19FN6OS/c1-4-8(2)13-17(26)24-14-15(23-13)20-9(3)21-16(14)25-18-22-11-6-5-10(19)7-12(11)27-18/h5-8,13H,4H2,1-3H3,(H,24,26)(H2,20,21,22,23,25). The van der Waals surface area contributed by atoms with Crippen molar-refractivity contribution in [1.29, 1.82) is 0 Å². The molecule has 1 aromatic carbocycles. The molecule has 140 valence electrons. The number of anilines is 4. The summed E-state index contributed by atoms with van der Waals surface area (Å²) in [7, 11) is 0. The number of aromatic nitrogens is 3. The number of halogens is 1. The average Bonchev–Trinajstić information content (AvgIpc) is 3.02. The van der Waals surface area contributed by atoms with Crippen molar-refractivity contribution in [3.8, 4) is 0 Å². The number of aryl methyl sites for hydroxylation is 1. The van der Waals surface area contributed by atoms with Gasteiger partial charge in [0.2, 0.25) is 5.91 Å². The van der Waals surface area contributed by atoms with Gasteiger partial charge in [0.15, 0.2) is 16.8 Å². The molecule has 9 heteroatoms. The zero-order valence-corrected chi connectivity index (χ0v) is 15.9. The van der Waals surface area contributed by atoms with Gasteiger partial charge in [-0.3, -0.25) is 4.79 Å². The van der Waals surface area contributed by atoms with Gasteiger partial charge in [0.25, 0.3) is 0 Å². The van der Waals surface area contributed by atoms with Crippen LogP contribution in [0, 0.1) is 18.7 Å². The molecule has 0 saturated carbocycles. The van der Waals surface area contributed by atoms with E-state index in [-0.39, 0.29) is 23.7 Å². The number of thiazole rings is 1. The molecule has 2 aromatic heterocycles. The van der Waals surface area contributed by atoms with E-state index in [1.165, 1.54) is 23.5 Å². The maximum absolute atomic E-state index is 13.4. The average molecular weight is 386 g/mol. The Bertz CT molecular complexity index is 1040. The monoisotopic (exact) mass is 386 g/mol. The number of benzene rings is 1. The van der Waals surface area contributed by atoms with Gasteiger partial charge in [0.05, 0.1) is 10.2 Å². The van der Waals surface area contributed by atoms with Crippen molar-refractivity contribution in [3.63, 3.8) is 0 Å². The molecule has 4 rings (SSSR count). The minimum Gasteiger partial charge on any atom is -0.356 e. The summed E-state index contributed by atoms with van der Waals surface area (Å²) in [4.78, 5) is 25.8. The van der Waals surface area contributed by atoms with Crippen molar-refractivity contribution in [3.05, 3.63) is 29.8 Å². The maximum atomic E-state index is 13.4. The SMILES string of the molecule is CCC(C)C1Nc2nc(C)nc(Nc3nc4ccc(F)cc4s3)c2NC1=O. The Morgan fingerprint density at radius 3 is 2.93 bits per heavy atom. The lowest BCUT2D eigenvalue weighted by atomic mass is 9.97. The summed E-state index contributed by atoms with van der Waals surface area (Å²) >= 11 is 1.32. The van der Waals surface area contributed by atoms with Crippen LogP contribution >= 0.6 is 11.3 Å². The Morgan fingerprint density at radius 1 is 1.33 bits per heavy atom. The molecular formula is C18H19FN6OS. The van der Waals surface area contributed by atoms with Crippen LogP contribution in [0.15, 0.2) is 18.2 Å². The Kier molecular flexibility index (Phi) is 4.39. The highest BCUT2D eigenvalue weighted by molar-refractivity contribution is 7.22. The third-order valence-electron chi connectivity index (χ3n) is 4.63. The summed E-state index contributed by atoms with van der Waals surface area (Å²) in [5, 5.41) is 9.84. The first-order valence-electron chi connectivity index (χ1n) is 8.73. The number of carbonyl (C=O) groups is 1. The van der Waals surface area contributed by atoms with E-state index in [0.29, 0.717) is 33.8 Å². The Balaban J connectivity index is 1.69. The van der Waals surface area contributed by atoms with Crippen molar-refractivity contribution in [2.45, 2.75) is 33.2 Å². The van der Waals surface area contributed by atoms with Crippen molar-refractivity contribution in [2.24, 2.45) is 5.92 Å². The van der Waals surface area contributed by atoms with Crippen LogP contribution in [0.3, 0.4) is 0 Å². The summed E-state index contributed by atoms with van der Waals surface area (Å²) in [5.41, 5.74) is 1.19. The number of hydrogen-bond donors (Lipinski definition) is 3. The molecule has 1 amide bonds. The fourth-order valence-electron chi connectivity index (χ4n) is 2.99. The highest BCUT2D eigenvalue weighted by Crippen LogP contribution is 2.36. The van der Waals surface area contributed by atoms with Gasteiger partial charge < -0.3 is 16.0 Å². The molecule has 0 saturated heterocycles. The topological polar surface area (TPSA) is 91.8 Å². The smallest absolute Gasteiger partial charge is 0.247 e. The number of nitrogens with zero attached hydrogens (tertiary/aromatic N) is 3. The molecule has 1 aliphatic rings. The summed E-state index contributed by atoms with van der Waals surface area (Å²) in [5.74, 6) is 1.36. The molecule has 2 unspecified atom stereocenters. The number of rotatable bonds is 4. The molecule has 3 N–H and O–H groups in total. The first-order chi connectivity index (χ1) is 12.9. The fourth-order valence-corrected chi connectivity index (χ4v) is 3.88. The molecule has 2 atom stereocenters. The zero-order chi connectivity index (χ0) is 19.1. The Labute approximate surface area is 159 Å². The summed E-state index contributed by atoms with van der Waals surface area (Å²) in [6.07, 6.45) is 0.873. The minimum atomic E-state index is -0.338. The first-order valence-corrected chi connectivity index (χ1v) is 9.55. The lowest BCUT2D eigenvalue weighted by Gasteiger charge is -2.30. The van der Waals surface area contributed by atoms with E-state index in [1.807, 2.05) is 13.8 Å². The third-order valence-corrected chi connectivity index (χ3v) is 5.57. The third kappa shape index (κ3) is 3.30. The van der Waals surface area contributed by atoms with Crippen LogP contribution in [-0.2, 0) is 4.79 Å². The van der Waals surface area contributed by atoms with Gasteiger partial charge in [0.1, 0.15) is 23.4 Å². The van der Waals surface area contributed by atoms with Crippen LogP contribution in [0.1, 0.15) is 26.1 Å². The maximum Gasteiger partial charge on any atom is 0.247 e. The van der Waals surface area contributed by atoms with Crippen LogP contribution in [0.2, 0.25) is 0 Å². The predicted octanol–water partition coefficient (Wildman–Crippen LogP) is 4.06. The Hall–Kier alpha value is -2.81. The minimum absolute atomic E-state index is 0.112. The van der Waals surface area contributed by atoms with Crippen LogP contribution in [0.4, 0.5) is 26.8 Å². The molecule has 0 bridgehead atoms. The van der Waals surface area contributed by atoms with Crippen molar-refractivity contribution in [1.82, 2.24) is 15.0 Å². The number of nitrogens with one attached hydrogen (secondary N) is 3. The van der Waals surface area contributed by atoms with Crippen LogP contribution < -0.4 is 16.0 Å². The van der Waals surface area contributed by atoms with Gasteiger partial charge in [-0.2, -0.15) is 0 Å². The van der Waals surface area contributed by atoms with E-state index < -0.39 is 0 Å². The van der Waals surface area contributed by atoms with Gasteiger partial charge in [-0.05, 0) is 31.0 Å². The number of fused-ring (bicyclic) bond motifs is 2. The lowest BCUT2D eigenvalue weighted by Crippen LogP contribution is -2.43. The molecule has 0 aliphatic carbocycles. The van der Waals surface area contributed by atoms with E-state index in [4.69, 9.17) is 0 Å². The van der Waals surface area contributed by atoms with Crippen LogP contribution in [0.25, 0.3) is 10.2 Å². The second-order valence-electron chi connectivity index (χ2n) is 6.60. The van der Waals surface area contributed by atoms with Crippen LogP contribution in [0.5, 0.6) is 0 Å². The van der Waals surface area contributed by atoms with Crippen molar-refractivity contribution >= 4 is 49.9 Å². The molecule has 0 fully saturated rings. The van der Waals surface area contributed by atoms with Gasteiger partial charge >= 0.3 is 0 Å². The highest BCUT2D eigenvalue weighted by Gasteiger charge is 2.32. The second-order valence-corrected chi connectivity index (χ2v) is 7.63. The van der Waals surface area contributed by atoms with Gasteiger partial charge in [-0.15, -0.1) is 0 Å². The molecule has 3 heterocycles. The van der Waals surface area contributed by atoms with Gasteiger partial charge in [-0.25, -0.2) is 19.3 Å². The number of amides is 1. The second kappa shape index (κ2) is 6.73. The van der Waals surface area contributed by atoms with E-state index in [1.54, 1.807) is 13.0 Å². The molecule has 7 nitrogen and oxygen atoms in total. The highest BCUT2D eigenvalue weighted by atomic mass is 32.1. The summed E-state index contributed by atoms with van der Waals surface area (Å²) in [6.45, 7) is 5.86. The number of hydrogen-bond acceptors (Lipinski definition) is 7. The van der Waals surface area contributed by atoms with E-state index in [2.05, 4.69) is 30.9 Å². The molecular weight excluding hydrogens is 367 g/mol. The normalized spacial score (nSPS) is 17.2. The van der Waals surface area contributed by atoms with E-state index >= 15 is 0 Å². The largest absolute Gasteiger partial charge is 0.356 e. The summed E-state index contributed by atoms with van der Waals surface area (Å²) < 4.78 is 14.1. The quantitative estimate of drug-likeness (QED) is 0.626. The van der Waals surface area contributed by atoms with Gasteiger partial charge in [0, 0.05) is 0 Å². The summed E-state index contributed by atoms with van der Waals surface area (Å²) in [6, 6.07) is 4.11. The molecule has 0 radical (unpaired) electrons. The zero-order valence-electron chi connectivity index (χ0n) is 15.1. The van der Waals surface area contributed by atoms with Crippen molar-refractivity contribution < 1.29 is 9.18 Å². The molecule has 1 aliphatic heterocycles. The van der Waals surface area contributed by atoms with E-state index in [0.717, 1.165) is 11.1 Å². The van der Waals surface area contributed by atoms with Crippen molar-refractivity contribution in [2.75, 3.05) is 16.0 Å². The predicted molar refractivity (Wildman–Crippen MR) is 105 cm³/mol. The molecule has 0 spiro atoms. The van der Waals surface area contributed by atoms with Crippen LogP contribution in [-0.4, -0.2) is 26.9 Å². The number of carbonyl (C=O) groups excluding carboxylic acids is 1. The first kappa shape index (κ1) is 17.6.